The Bertz CT molecular complexity index is 724. The summed E-state index contributed by atoms with van der Waals surface area (Å²) < 4.78 is 1.44. The molecule has 100 valence electrons. The number of anilines is 1. The summed E-state index contributed by atoms with van der Waals surface area (Å²) in [4.78, 5) is 15.6. The van der Waals surface area contributed by atoms with E-state index in [-0.39, 0.29) is 5.82 Å². The minimum Gasteiger partial charge on any atom is -0.318 e. The van der Waals surface area contributed by atoms with Crippen LogP contribution in [0.1, 0.15) is 10.6 Å². The van der Waals surface area contributed by atoms with Gasteiger partial charge in [-0.15, -0.1) is 5.10 Å². The van der Waals surface area contributed by atoms with Crippen molar-refractivity contribution in [2.75, 3.05) is 5.32 Å². The zero-order valence-corrected chi connectivity index (χ0v) is 10.6. The van der Waals surface area contributed by atoms with Gasteiger partial charge in [0, 0.05) is 0 Å². The number of carbonyl (C=O) groups excluding carboxylic acids is 1. The Labute approximate surface area is 117 Å². The third-order valence-corrected chi connectivity index (χ3v) is 2.77. The van der Waals surface area contributed by atoms with Gasteiger partial charge in [-0.2, -0.15) is 5.10 Å². The first kappa shape index (κ1) is 12.2. The molecule has 9 nitrogen and oxygen atoms in total. The average Bonchev–Trinajstić information content (AvgIpc) is 3.14. The second-order valence-corrected chi connectivity index (χ2v) is 4.11. The quantitative estimate of drug-likeness (QED) is 0.733. The normalized spacial score (nSPS) is 10.4. The van der Waals surface area contributed by atoms with Crippen molar-refractivity contribution in [2.45, 2.75) is 0 Å². The van der Waals surface area contributed by atoms with Crippen LogP contribution in [0.3, 0.4) is 0 Å². The molecular formula is C10H7ClN8O. The largest absolute Gasteiger partial charge is 0.318 e. The van der Waals surface area contributed by atoms with Gasteiger partial charge in [0.15, 0.2) is 0 Å². The fourth-order valence-corrected chi connectivity index (χ4v) is 1.69. The summed E-state index contributed by atoms with van der Waals surface area (Å²) in [6, 6.07) is 5.00. The predicted octanol–water partition coefficient (Wildman–Crippen LogP) is 0.686. The molecule has 0 atom stereocenters. The van der Waals surface area contributed by atoms with E-state index in [0.717, 1.165) is 0 Å². The van der Waals surface area contributed by atoms with Crippen LogP contribution < -0.4 is 5.32 Å². The van der Waals surface area contributed by atoms with Gasteiger partial charge in [0.2, 0.25) is 5.82 Å². The number of aromatic amines is 1. The highest BCUT2D eigenvalue weighted by molar-refractivity contribution is 6.34. The number of nitrogens with one attached hydrogen (secondary N) is 2. The van der Waals surface area contributed by atoms with Crippen LogP contribution in [-0.4, -0.2) is 41.3 Å². The number of H-pyrrole nitrogens is 1. The molecule has 20 heavy (non-hydrogen) atoms. The molecule has 0 unspecified atom stereocenters. The summed E-state index contributed by atoms with van der Waals surface area (Å²) in [7, 11) is 0. The van der Waals surface area contributed by atoms with Crippen molar-refractivity contribution in [3.8, 4) is 5.69 Å². The molecular weight excluding hydrogens is 284 g/mol. The van der Waals surface area contributed by atoms with Gasteiger partial charge in [-0.3, -0.25) is 9.89 Å². The number of hydrogen-bond donors (Lipinski definition) is 2. The molecule has 2 aromatic heterocycles. The number of tetrazole rings is 1. The monoisotopic (exact) mass is 290 g/mol. The number of benzene rings is 1. The van der Waals surface area contributed by atoms with Crippen molar-refractivity contribution in [3.05, 3.63) is 41.7 Å². The summed E-state index contributed by atoms with van der Waals surface area (Å²) in [5, 5.41) is 19.9. The number of rotatable bonds is 3. The van der Waals surface area contributed by atoms with E-state index in [1.54, 1.807) is 18.2 Å². The van der Waals surface area contributed by atoms with Gasteiger partial charge >= 0.3 is 0 Å². The zero-order valence-electron chi connectivity index (χ0n) is 9.86. The fourth-order valence-electron chi connectivity index (χ4n) is 1.53. The maximum absolute atomic E-state index is 11.9. The van der Waals surface area contributed by atoms with Gasteiger partial charge in [0.1, 0.15) is 12.7 Å². The Hall–Kier alpha value is -2.81. The Morgan fingerprint density at radius 3 is 3.00 bits per heavy atom. The minimum absolute atomic E-state index is 0.0916. The lowest BCUT2D eigenvalue weighted by atomic mass is 10.2. The molecule has 2 heterocycles. The maximum Gasteiger partial charge on any atom is 0.293 e. The predicted molar refractivity (Wildman–Crippen MR) is 68.5 cm³/mol. The Morgan fingerprint density at radius 2 is 2.30 bits per heavy atom. The highest BCUT2D eigenvalue weighted by Crippen LogP contribution is 2.24. The van der Waals surface area contributed by atoms with Crippen molar-refractivity contribution in [1.82, 2.24) is 35.4 Å². The number of carbonyl (C=O) groups is 1. The second-order valence-electron chi connectivity index (χ2n) is 3.71. The Morgan fingerprint density at radius 1 is 1.40 bits per heavy atom. The van der Waals surface area contributed by atoms with Crippen LogP contribution in [0, 0.1) is 0 Å². The Balaban J connectivity index is 1.89. The van der Waals surface area contributed by atoms with E-state index in [0.29, 0.717) is 16.4 Å². The molecule has 1 aromatic carbocycles. The summed E-state index contributed by atoms with van der Waals surface area (Å²) >= 11 is 6.04. The molecule has 0 saturated carbocycles. The van der Waals surface area contributed by atoms with Crippen molar-refractivity contribution in [3.63, 3.8) is 0 Å². The third-order valence-electron chi connectivity index (χ3n) is 2.44. The second kappa shape index (κ2) is 5.05. The van der Waals surface area contributed by atoms with Crippen LogP contribution in [0.15, 0.2) is 30.9 Å². The van der Waals surface area contributed by atoms with E-state index in [4.69, 9.17) is 11.6 Å². The summed E-state index contributed by atoms with van der Waals surface area (Å²) in [6.07, 6.45) is 2.68. The van der Waals surface area contributed by atoms with Crippen molar-refractivity contribution >= 4 is 23.2 Å². The van der Waals surface area contributed by atoms with Crippen molar-refractivity contribution in [1.29, 1.82) is 0 Å². The smallest absolute Gasteiger partial charge is 0.293 e. The van der Waals surface area contributed by atoms with Crippen LogP contribution >= 0.6 is 11.6 Å². The molecule has 10 heteroatoms. The van der Waals surface area contributed by atoms with Crippen molar-refractivity contribution < 1.29 is 4.79 Å². The maximum atomic E-state index is 11.9. The Kier molecular flexibility index (Phi) is 3.09. The van der Waals surface area contributed by atoms with E-state index in [9.17, 15) is 4.79 Å². The molecule has 0 aliphatic rings. The number of aromatic nitrogens is 7. The van der Waals surface area contributed by atoms with Gasteiger partial charge in [-0.25, -0.2) is 9.67 Å². The van der Waals surface area contributed by atoms with E-state index in [2.05, 4.69) is 36.0 Å². The first-order valence-electron chi connectivity index (χ1n) is 5.43. The SMILES string of the molecule is O=C(Nc1cc(-n2cnnn2)ccc1Cl)c1ncn[nH]1. The number of amides is 1. The lowest BCUT2D eigenvalue weighted by molar-refractivity contribution is 0.101. The zero-order chi connectivity index (χ0) is 13.9. The molecule has 0 spiro atoms. The molecule has 0 saturated heterocycles. The van der Waals surface area contributed by atoms with Crippen molar-refractivity contribution in [2.24, 2.45) is 0 Å². The van der Waals surface area contributed by atoms with E-state index < -0.39 is 5.91 Å². The van der Waals surface area contributed by atoms with E-state index >= 15 is 0 Å². The molecule has 0 aliphatic heterocycles. The van der Waals surface area contributed by atoms with Gasteiger partial charge in [0.25, 0.3) is 5.91 Å². The molecule has 0 bridgehead atoms. The van der Waals surface area contributed by atoms with Gasteiger partial charge in [-0.05, 0) is 28.6 Å². The van der Waals surface area contributed by atoms with Gasteiger partial charge in [0.05, 0.1) is 16.4 Å². The topological polar surface area (TPSA) is 114 Å². The average molecular weight is 291 g/mol. The van der Waals surface area contributed by atoms with Gasteiger partial charge < -0.3 is 5.32 Å². The molecule has 0 fully saturated rings. The van der Waals surface area contributed by atoms with E-state index in [1.807, 2.05) is 0 Å². The number of hydrogen-bond acceptors (Lipinski definition) is 6. The van der Waals surface area contributed by atoms with Crippen LogP contribution in [0.25, 0.3) is 5.69 Å². The first-order chi connectivity index (χ1) is 9.74. The first-order valence-corrected chi connectivity index (χ1v) is 5.81. The number of halogens is 1. The lowest BCUT2D eigenvalue weighted by Gasteiger charge is -2.07. The van der Waals surface area contributed by atoms with Crippen LogP contribution in [0.4, 0.5) is 5.69 Å². The molecule has 0 aliphatic carbocycles. The van der Waals surface area contributed by atoms with Crippen LogP contribution in [-0.2, 0) is 0 Å². The summed E-state index contributed by atoms with van der Waals surface area (Å²) in [5.41, 5.74) is 1.08. The summed E-state index contributed by atoms with van der Waals surface area (Å²) in [5.74, 6) is -0.354. The molecule has 0 radical (unpaired) electrons. The molecule has 1 amide bonds. The van der Waals surface area contributed by atoms with Crippen LogP contribution in [0.2, 0.25) is 5.02 Å². The lowest BCUT2D eigenvalue weighted by Crippen LogP contribution is -2.14. The van der Waals surface area contributed by atoms with Crippen LogP contribution in [0.5, 0.6) is 0 Å². The standard InChI is InChI=1S/C10H7ClN8O/c11-7-2-1-6(19-5-14-17-18-19)3-8(7)15-10(20)9-12-4-13-16-9/h1-5H,(H,15,20)(H,12,13,16). The van der Waals surface area contributed by atoms with E-state index in [1.165, 1.54) is 17.3 Å². The fraction of sp³-hybridized carbons (Fsp3) is 0. The third kappa shape index (κ3) is 2.34. The highest BCUT2D eigenvalue weighted by atomic mass is 35.5. The van der Waals surface area contributed by atoms with Gasteiger partial charge in [-0.1, -0.05) is 11.6 Å². The molecule has 3 aromatic rings. The number of nitrogens with zero attached hydrogens (tertiary/aromatic N) is 6. The molecule has 3 rings (SSSR count). The molecule has 2 N–H and O–H groups in total. The highest BCUT2D eigenvalue weighted by Gasteiger charge is 2.12. The minimum atomic E-state index is -0.446. The summed E-state index contributed by atoms with van der Waals surface area (Å²) in [6.45, 7) is 0.